The molecule has 2 aliphatic heterocycles. The van der Waals surface area contributed by atoms with Crippen LogP contribution in [0.1, 0.15) is 12.0 Å². The van der Waals surface area contributed by atoms with Crippen LogP contribution >= 0.6 is 0 Å². The van der Waals surface area contributed by atoms with Gasteiger partial charge in [0, 0.05) is 12.0 Å². The van der Waals surface area contributed by atoms with Crippen molar-refractivity contribution in [2.45, 2.75) is 13.0 Å². The van der Waals surface area contributed by atoms with E-state index in [2.05, 4.69) is 0 Å². The van der Waals surface area contributed by atoms with Gasteiger partial charge in [-0.1, -0.05) is 0 Å². The molecule has 110 valence electrons. The average Bonchev–Trinajstić information content (AvgIpc) is 2.66. The fourth-order valence-electron chi connectivity index (χ4n) is 2.61. The Hall–Kier alpha value is -1.27. The topological polar surface area (TPSA) is 57.0 Å². The Balaban J connectivity index is 1.68. The van der Waals surface area contributed by atoms with Crippen LogP contribution < -0.4 is 14.4 Å². The highest BCUT2D eigenvalue weighted by Crippen LogP contribution is 2.30. The molecule has 20 heavy (non-hydrogen) atoms. The molecule has 0 atom stereocenters. The van der Waals surface area contributed by atoms with Crippen molar-refractivity contribution >= 4 is 9.84 Å². The minimum atomic E-state index is -2.79. The molecule has 0 bridgehead atoms. The Morgan fingerprint density at radius 1 is 1.05 bits per heavy atom. The first-order chi connectivity index (χ1) is 9.62. The number of benzene rings is 1. The Morgan fingerprint density at radius 2 is 1.75 bits per heavy atom. The third kappa shape index (κ3) is 3.24. The zero-order valence-electron chi connectivity index (χ0n) is 11.4. The summed E-state index contributed by atoms with van der Waals surface area (Å²) in [6, 6.07) is 6.02. The van der Waals surface area contributed by atoms with Gasteiger partial charge in [-0.05, 0) is 18.2 Å². The van der Waals surface area contributed by atoms with Crippen LogP contribution in [0.3, 0.4) is 0 Å². The molecule has 0 radical (unpaired) electrons. The lowest BCUT2D eigenvalue weighted by molar-refractivity contribution is -0.910. The highest BCUT2D eigenvalue weighted by Gasteiger charge is 2.25. The summed E-state index contributed by atoms with van der Waals surface area (Å²) in [7, 11) is -2.79. The predicted octanol–water partition coefficient (Wildman–Crippen LogP) is -0.339. The predicted molar refractivity (Wildman–Crippen MR) is 75.1 cm³/mol. The highest BCUT2D eigenvalue weighted by molar-refractivity contribution is 7.91. The van der Waals surface area contributed by atoms with Crippen molar-refractivity contribution in [3.63, 3.8) is 0 Å². The van der Waals surface area contributed by atoms with Crippen molar-refractivity contribution in [2.24, 2.45) is 0 Å². The Kier molecular flexibility index (Phi) is 3.85. The van der Waals surface area contributed by atoms with E-state index in [4.69, 9.17) is 9.47 Å². The number of hydrogen-bond acceptors (Lipinski definition) is 4. The zero-order valence-corrected chi connectivity index (χ0v) is 12.2. The van der Waals surface area contributed by atoms with E-state index in [-0.39, 0.29) is 0 Å². The maximum atomic E-state index is 11.4. The van der Waals surface area contributed by atoms with Crippen LogP contribution in [0.5, 0.6) is 11.5 Å². The number of sulfone groups is 1. The number of ether oxygens (including phenoxy) is 2. The minimum Gasteiger partial charge on any atom is -0.490 e. The molecule has 1 aromatic rings. The van der Waals surface area contributed by atoms with Gasteiger partial charge in [0.25, 0.3) is 0 Å². The summed E-state index contributed by atoms with van der Waals surface area (Å²) in [5.41, 5.74) is 1.17. The first-order valence-corrected chi connectivity index (χ1v) is 8.87. The van der Waals surface area contributed by atoms with Gasteiger partial charge in [0.15, 0.2) is 21.3 Å². The van der Waals surface area contributed by atoms with Gasteiger partial charge in [-0.25, -0.2) is 8.42 Å². The molecular formula is C14H20NO4S+. The lowest BCUT2D eigenvalue weighted by atomic mass is 10.2. The van der Waals surface area contributed by atoms with Crippen molar-refractivity contribution in [3.8, 4) is 11.5 Å². The molecule has 3 rings (SSSR count). The molecule has 0 aliphatic carbocycles. The lowest BCUT2D eigenvalue weighted by Crippen LogP contribution is -3.13. The van der Waals surface area contributed by atoms with E-state index in [1.165, 1.54) is 10.5 Å². The summed E-state index contributed by atoms with van der Waals surface area (Å²) in [6.45, 7) is 3.60. The van der Waals surface area contributed by atoms with Gasteiger partial charge in [0.1, 0.15) is 6.54 Å². The number of fused-ring (bicyclic) bond motifs is 1. The quantitative estimate of drug-likeness (QED) is 0.812. The largest absolute Gasteiger partial charge is 0.490 e. The molecule has 0 spiro atoms. The molecule has 5 nitrogen and oxygen atoms in total. The fraction of sp³-hybridized carbons (Fsp3) is 0.571. The molecule has 0 amide bonds. The smallest absolute Gasteiger partial charge is 0.161 e. The summed E-state index contributed by atoms with van der Waals surface area (Å²) < 4.78 is 34.1. The van der Waals surface area contributed by atoms with E-state index in [1.807, 2.05) is 18.2 Å². The van der Waals surface area contributed by atoms with E-state index in [0.717, 1.165) is 24.5 Å². The summed E-state index contributed by atoms with van der Waals surface area (Å²) in [4.78, 5) is 1.31. The summed E-state index contributed by atoms with van der Waals surface area (Å²) in [6.07, 6.45) is 0.902. The Bertz CT molecular complexity index is 571. The van der Waals surface area contributed by atoms with Gasteiger partial charge < -0.3 is 14.4 Å². The van der Waals surface area contributed by atoms with Crippen molar-refractivity contribution < 1.29 is 22.8 Å². The van der Waals surface area contributed by atoms with Gasteiger partial charge >= 0.3 is 0 Å². The SMILES string of the molecule is O=S1(=O)CC[NH+](Cc2ccc3c(c2)OCCCO3)CC1. The number of rotatable bonds is 2. The number of hydrogen-bond donors (Lipinski definition) is 1. The van der Waals surface area contributed by atoms with Gasteiger partial charge in [0.2, 0.25) is 0 Å². The van der Waals surface area contributed by atoms with Crippen molar-refractivity contribution in [3.05, 3.63) is 23.8 Å². The van der Waals surface area contributed by atoms with Crippen LogP contribution in [-0.4, -0.2) is 46.2 Å². The molecule has 2 heterocycles. The molecule has 0 aromatic heterocycles. The van der Waals surface area contributed by atoms with E-state index in [1.54, 1.807) is 0 Å². The maximum absolute atomic E-state index is 11.4. The van der Waals surface area contributed by atoms with E-state index in [9.17, 15) is 8.42 Å². The van der Waals surface area contributed by atoms with Gasteiger partial charge in [-0.15, -0.1) is 0 Å². The van der Waals surface area contributed by atoms with E-state index in [0.29, 0.717) is 37.8 Å². The van der Waals surface area contributed by atoms with Crippen LogP contribution in [0.15, 0.2) is 18.2 Å². The van der Waals surface area contributed by atoms with Crippen LogP contribution in [0.2, 0.25) is 0 Å². The van der Waals surface area contributed by atoms with E-state index < -0.39 is 9.84 Å². The Morgan fingerprint density at radius 3 is 2.50 bits per heavy atom. The number of nitrogens with one attached hydrogen (secondary N) is 1. The number of quaternary nitrogens is 1. The second-order valence-corrected chi connectivity index (χ2v) is 7.71. The van der Waals surface area contributed by atoms with Crippen molar-refractivity contribution in [2.75, 3.05) is 37.8 Å². The summed E-state index contributed by atoms with van der Waals surface area (Å²) >= 11 is 0. The molecule has 6 heteroatoms. The third-order valence-corrected chi connectivity index (χ3v) is 5.45. The fourth-order valence-corrected chi connectivity index (χ4v) is 4.01. The summed E-state index contributed by atoms with van der Waals surface area (Å²) in [5, 5.41) is 0. The van der Waals surface area contributed by atoms with Crippen LogP contribution in [0.4, 0.5) is 0 Å². The first kappa shape index (κ1) is 13.7. The van der Waals surface area contributed by atoms with Gasteiger partial charge in [0.05, 0.1) is 37.8 Å². The van der Waals surface area contributed by atoms with Crippen molar-refractivity contribution in [1.29, 1.82) is 0 Å². The monoisotopic (exact) mass is 298 g/mol. The van der Waals surface area contributed by atoms with Crippen molar-refractivity contribution in [1.82, 2.24) is 0 Å². The van der Waals surface area contributed by atoms with E-state index >= 15 is 0 Å². The summed E-state index contributed by atoms with van der Waals surface area (Å²) in [5.74, 6) is 2.21. The second-order valence-electron chi connectivity index (χ2n) is 5.41. The molecule has 0 unspecified atom stereocenters. The van der Waals surface area contributed by atoms with Crippen LogP contribution in [0, 0.1) is 0 Å². The van der Waals surface area contributed by atoms with Crippen LogP contribution in [-0.2, 0) is 16.4 Å². The Labute approximate surface area is 119 Å². The first-order valence-electron chi connectivity index (χ1n) is 7.05. The molecule has 1 saturated heterocycles. The second kappa shape index (κ2) is 5.61. The molecule has 2 aliphatic rings. The third-order valence-electron chi connectivity index (χ3n) is 3.80. The minimum absolute atomic E-state index is 0.298. The highest BCUT2D eigenvalue weighted by atomic mass is 32.2. The average molecular weight is 298 g/mol. The van der Waals surface area contributed by atoms with Gasteiger partial charge in [-0.2, -0.15) is 0 Å². The normalized spacial score (nSPS) is 22.2. The molecule has 0 saturated carbocycles. The molecule has 1 aromatic carbocycles. The molecule has 1 fully saturated rings. The van der Waals surface area contributed by atoms with Crippen LogP contribution in [0.25, 0.3) is 0 Å². The maximum Gasteiger partial charge on any atom is 0.161 e. The lowest BCUT2D eigenvalue weighted by Gasteiger charge is -2.23. The molecular weight excluding hydrogens is 278 g/mol. The molecule has 1 N–H and O–H groups in total. The van der Waals surface area contributed by atoms with Gasteiger partial charge in [-0.3, -0.25) is 0 Å². The standard InChI is InChI=1S/C14H19NO4S/c16-20(17)8-4-15(5-9-20)11-12-2-3-13-14(10-12)19-7-1-6-18-13/h2-3,10H,1,4-9,11H2/p+1. The zero-order chi connectivity index (χ0) is 14.0.